The number of hydrogen-bond acceptors (Lipinski definition) is 3. The van der Waals surface area contributed by atoms with Gasteiger partial charge >= 0.3 is 6.18 Å². The van der Waals surface area contributed by atoms with Crippen LogP contribution in [0.2, 0.25) is 0 Å². The molecule has 10 heteroatoms. The molecule has 0 radical (unpaired) electrons. The molecule has 7 nitrogen and oxygen atoms in total. The summed E-state index contributed by atoms with van der Waals surface area (Å²) in [6.07, 6.45) is -3.18. The van der Waals surface area contributed by atoms with Gasteiger partial charge in [-0.25, -0.2) is 4.68 Å². The van der Waals surface area contributed by atoms with Gasteiger partial charge in [-0.15, -0.1) is 0 Å². The van der Waals surface area contributed by atoms with E-state index >= 15 is 0 Å². The van der Waals surface area contributed by atoms with Gasteiger partial charge in [0.15, 0.2) is 5.69 Å². The van der Waals surface area contributed by atoms with Crippen LogP contribution in [0, 0.1) is 0 Å². The van der Waals surface area contributed by atoms with Gasteiger partial charge in [0.1, 0.15) is 0 Å². The SMILES string of the molecule is [N-]=[N+]=NCCCc1ccc(-c2cc(C(F)(F)F)nn2-c2ccc(CC(N)=O)cc2)cc1. The third-order valence-electron chi connectivity index (χ3n) is 4.60. The molecule has 31 heavy (non-hydrogen) atoms. The first kappa shape index (κ1) is 21.9. The molecule has 3 rings (SSSR count). The van der Waals surface area contributed by atoms with Gasteiger partial charge in [0.25, 0.3) is 0 Å². The Morgan fingerprint density at radius 2 is 1.74 bits per heavy atom. The van der Waals surface area contributed by atoms with Gasteiger partial charge in [-0.3, -0.25) is 4.79 Å². The summed E-state index contributed by atoms with van der Waals surface area (Å²) < 4.78 is 41.2. The van der Waals surface area contributed by atoms with Gasteiger partial charge in [-0.2, -0.15) is 18.3 Å². The van der Waals surface area contributed by atoms with Crippen LogP contribution in [0.3, 0.4) is 0 Å². The number of amides is 1. The summed E-state index contributed by atoms with van der Waals surface area (Å²) >= 11 is 0. The summed E-state index contributed by atoms with van der Waals surface area (Å²) in [7, 11) is 0. The Labute approximate surface area is 175 Å². The van der Waals surface area contributed by atoms with Gasteiger partial charge < -0.3 is 5.73 Å². The van der Waals surface area contributed by atoms with Crippen molar-refractivity contribution in [3.8, 4) is 16.9 Å². The van der Waals surface area contributed by atoms with Crippen LogP contribution in [-0.2, 0) is 23.8 Å². The van der Waals surface area contributed by atoms with Crippen molar-refractivity contribution in [1.29, 1.82) is 0 Å². The smallest absolute Gasteiger partial charge is 0.369 e. The Morgan fingerprint density at radius 1 is 1.10 bits per heavy atom. The van der Waals surface area contributed by atoms with Crippen LogP contribution >= 0.6 is 0 Å². The molecule has 0 aliphatic heterocycles. The minimum atomic E-state index is -4.59. The zero-order valence-corrected chi connectivity index (χ0v) is 16.4. The van der Waals surface area contributed by atoms with Crippen molar-refractivity contribution in [3.63, 3.8) is 0 Å². The number of carbonyl (C=O) groups excluding carboxylic acids is 1. The molecule has 160 valence electrons. The maximum absolute atomic E-state index is 13.3. The highest BCUT2D eigenvalue weighted by molar-refractivity contribution is 5.76. The number of nitrogens with two attached hydrogens (primary N) is 1. The first-order valence-corrected chi connectivity index (χ1v) is 9.43. The van der Waals surface area contributed by atoms with Crippen LogP contribution in [0.1, 0.15) is 23.2 Å². The fourth-order valence-electron chi connectivity index (χ4n) is 3.12. The summed E-state index contributed by atoms with van der Waals surface area (Å²) in [5.74, 6) is -0.494. The Kier molecular flexibility index (Phi) is 6.61. The Bertz CT molecular complexity index is 1100. The first-order chi connectivity index (χ1) is 14.8. The molecule has 0 aliphatic rings. The van der Waals surface area contributed by atoms with E-state index in [-0.39, 0.29) is 12.1 Å². The Hall–Kier alpha value is -3.78. The van der Waals surface area contributed by atoms with Gasteiger partial charge in [0, 0.05) is 17.0 Å². The highest BCUT2D eigenvalue weighted by Crippen LogP contribution is 2.33. The monoisotopic (exact) mass is 428 g/mol. The second-order valence-corrected chi connectivity index (χ2v) is 6.89. The van der Waals surface area contributed by atoms with Gasteiger partial charge in [-0.05, 0) is 47.7 Å². The van der Waals surface area contributed by atoms with Crippen molar-refractivity contribution in [2.45, 2.75) is 25.4 Å². The number of alkyl halides is 3. The van der Waals surface area contributed by atoms with Crippen LogP contribution in [0.15, 0.2) is 59.7 Å². The van der Waals surface area contributed by atoms with E-state index in [1.54, 1.807) is 36.4 Å². The topological polar surface area (TPSA) is 110 Å². The standard InChI is InChI=1S/C21H19F3N6O/c22-21(23,24)19-13-18(16-7-3-14(4-8-16)2-1-11-27-29-26)30(28-19)17-9-5-15(6-10-17)12-20(25)31/h3-10,13H,1-2,11-12H2,(H2,25,31). The summed E-state index contributed by atoms with van der Waals surface area (Å²) in [6.45, 7) is 0.381. The molecule has 0 spiro atoms. The zero-order chi connectivity index (χ0) is 22.4. The lowest BCUT2D eigenvalue weighted by Gasteiger charge is -2.09. The molecule has 0 fully saturated rings. The first-order valence-electron chi connectivity index (χ1n) is 9.43. The van der Waals surface area contributed by atoms with Crippen molar-refractivity contribution >= 4 is 5.91 Å². The van der Waals surface area contributed by atoms with Crippen LogP contribution in [0.25, 0.3) is 27.4 Å². The average molecular weight is 428 g/mol. The summed E-state index contributed by atoms with van der Waals surface area (Å²) in [4.78, 5) is 13.8. The fraction of sp³-hybridized carbons (Fsp3) is 0.238. The number of aromatic nitrogens is 2. The summed E-state index contributed by atoms with van der Waals surface area (Å²) in [6, 6.07) is 14.6. The highest BCUT2D eigenvalue weighted by Gasteiger charge is 2.35. The molecular formula is C21H19F3N6O. The van der Waals surface area contributed by atoms with Crippen molar-refractivity contribution in [2.75, 3.05) is 6.54 Å². The Morgan fingerprint density at radius 3 is 2.32 bits per heavy atom. The van der Waals surface area contributed by atoms with Crippen molar-refractivity contribution in [1.82, 2.24) is 9.78 Å². The highest BCUT2D eigenvalue weighted by atomic mass is 19.4. The quantitative estimate of drug-likeness (QED) is 0.240. The maximum atomic E-state index is 13.3. The molecule has 0 unspecified atom stereocenters. The Balaban J connectivity index is 1.93. The van der Waals surface area contributed by atoms with Crippen LogP contribution < -0.4 is 5.73 Å². The zero-order valence-electron chi connectivity index (χ0n) is 16.4. The summed E-state index contributed by atoms with van der Waals surface area (Å²) in [5.41, 5.74) is 15.4. The molecular weight excluding hydrogens is 409 g/mol. The number of carbonyl (C=O) groups is 1. The number of hydrogen-bond donors (Lipinski definition) is 1. The number of rotatable bonds is 8. The van der Waals surface area contributed by atoms with E-state index < -0.39 is 17.8 Å². The minimum absolute atomic E-state index is 0.0428. The molecule has 0 aliphatic carbocycles. The second-order valence-electron chi connectivity index (χ2n) is 6.89. The molecule has 0 bridgehead atoms. The lowest BCUT2D eigenvalue weighted by Crippen LogP contribution is -2.13. The maximum Gasteiger partial charge on any atom is 0.435 e. The van der Waals surface area contributed by atoms with Gasteiger partial charge in [0.05, 0.1) is 17.8 Å². The van der Waals surface area contributed by atoms with Gasteiger partial charge in [0.2, 0.25) is 5.91 Å². The number of halogens is 3. The van der Waals surface area contributed by atoms with E-state index in [2.05, 4.69) is 15.1 Å². The van der Waals surface area contributed by atoms with Crippen LogP contribution in [0.5, 0.6) is 0 Å². The van der Waals surface area contributed by atoms with Crippen molar-refractivity contribution < 1.29 is 18.0 Å². The number of primary amides is 1. The van der Waals surface area contributed by atoms with Crippen LogP contribution in [0.4, 0.5) is 13.2 Å². The molecule has 1 amide bonds. The largest absolute Gasteiger partial charge is 0.435 e. The lowest BCUT2D eigenvalue weighted by atomic mass is 10.0. The lowest BCUT2D eigenvalue weighted by molar-refractivity contribution is -0.141. The third-order valence-corrected chi connectivity index (χ3v) is 4.60. The molecule has 0 saturated heterocycles. The molecule has 2 aromatic carbocycles. The van der Waals surface area contributed by atoms with E-state index in [9.17, 15) is 18.0 Å². The second kappa shape index (κ2) is 9.36. The van der Waals surface area contributed by atoms with E-state index in [4.69, 9.17) is 11.3 Å². The van der Waals surface area contributed by atoms with E-state index in [0.717, 1.165) is 11.6 Å². The molecule has 1 heterocycles. The minimum Gasteiger partial charge on any atom is -0.369 e. The van der Waals surface area contributed by atoms with E-state index in [1.807, 2.05) is 12.1 Å². The van der Waals surface area contributed by atoms with Crippen molar-refractivity contribution in [2.24, 2.45) is 10.8 Å². The number of benzene rings is 2. The molecule has 3 aromatic rings. The molecule has 0 atom stereocenters. The molecule has 0 saturated carbocycles. The van der Waals surface area contributed by atoms with Crippen LogP contribution in [-0.4, -0.2) is 22.2 Å². The number of nitrogens with zero attached hydrogens (tertiary/aromatic N) is 5. The predicted octanol–water partition coefficient (Wildman–Crippen LogP) is 4.83. The molecule has 1 aromatic heterocycles. The van der Waals surface area contributed by atoms with E-state index in [1.165, 1.54) is 4.68 Å². The van der Waals surface area contributed by atoms with E-state index in [0.29, 0.717) is 36.2 Å². The average Bonchev–Trinajstić information content (AvgIpc) is 3.18. The normalized spacial score (nSPS) is 11.2. The number of aryl methyl sites for hydroxylation is 1. The predicted molar refractivity (Wildman–Crippen MR) is 109 cm³/mol. The van der Waals surface area contributed by atoms with Crippen molar-refractivity contribution in [3.05, 3.63) is 81.9 Å². The van der Waals surface area contributed by atoms with Gasteiger partial charge in [-0.1, -0.05) is 41.5 Å². The molecule has 2 N–H and O–H groups in total. The fourth-order valence-corrected chi connectivity index (χ4v) is 3.12. The number of azide groups is 1. The third kappa shape index (κ3) is 5.64. The summed E-state index contributed by atoms with van der Waals surface area (Å²) in [5, 5.41) is 7.25.